The number of likely N-dealkylation sites (tertiary alicyclic amines) is 1. The van der Waals surface area contributed by atoms with E-state index >= 15 is 0 Å². The summed E-state index contributed by atoms with van der Waals surface area (Å²) in [5, 5.41) is 7.35. The van der Waals surface area contributed by atoms with Crippen molar-refractivity contribution in [3.63, 3.8) is 0 Å². The molecule has 1 saturated heterocycles. The molecule has 12 heteroatoms. The van der Waals surface area contributed by atoms with Gasteiger partial charge in [-0.15, -0.1) is 0 Å². The smallest absolute Gasteiger partial charge is 0.308 e. The van der Waals surface area contributed by atoms with E-state index in [1.54, 1.807) is 39.0 Å². The highest BCUT2D eigenvalue weighted by Gasteiger charge is 2.42. The summed E-state index contributed by atoms with van der Waals surface area (Å²) in [4.78, 5) is 59.0. The molecule has 3 amide bonds. The van der Waals surface area contributed by atoms with Crippen molar-refractivity contribution in [3.8, 4) is 0 Å². The molecule has 1 aromatic heterocycles. The first-order chi connectivity index (χ1) is 19.8. The van der Waals surface area contributed by atoms with E-state index in [4.69, 9.17) is 4.74 Å². The summed E-state index contributed by atoms with van der Waals surface area (Å²) in [6, 6.07) is 7.96. The minimum Gasteiger partial charge on any atom is -0.460 e. The summed E-state index contributed by atoms with van der Waals surface area (Å²) in [5.41, 5.74) is -0.657. The number of ether oxygens (including phenoxy) is 1. The average molecular weight is 615 g/mol. The summed E-state index contributed by atoms with van der Waals surface area (Å²) >= 11 is 0. The lowest BCUT2D eigenvalue weighted by molar-refractivity contribution is -0.155. The molecule has 11 nitrogen and oxygen atoms in total. The number of nitrogens with one attached hydrogen (secondary N) is 2. The normalized spacial score (nSPS) is 17.5. The van der Waals surface area contributed by atoms with Crippen LogP contribution in [0, 0.1) is 5.41 Å². The van der Waals surface area contributed by atoms with Crippen LogP contribution in [0.2, 0.25) is 0 Å². The summed E-state index contributed by atoms with van der Waals surface area (Å²) in [6.07, 6.45) is 2.85. The third-order valence-corrected chi connectivity index (χ3v) is 7.40. The molecule has 2 N–H and O–H groups in total. The molecule has 1 aliphatic heterocycles. The first-order valence-electron chi connectivity index (χ1n) is 14.2. The molecule has 0 saturated carbocycles. The van der Waals surface area contributed by atoms with Crippen molar-refractivity contribution in [2.45, 2.75) is 84.5 Å². The van der Waals surface area contributed by atoms with Crippen molar-refractivity contribution < 1.29 is 32.3 Å². The highest BCUT2D eigenvalue weighted by molar-refractivity contribution is 7.93. The summed E-state index contributed by atoms with van der Waals surface area (Å²) < 4.78 is 28.8. The Morgan fingerprint density at radius 1 is 1.05 bits per heavy atom. The van der Waals surface area contributed by atoms with Gasteiger partial charge in [-0.25, -0.2) is 13.4 Å². The number of hydrogen-bond donors (Lipinski definition) is 2. The lowest BCUT2D eigenvalue weighted by Crippen LogP contribution is -2.58. The lowest BCUT2D eigenvalue weighted by Gasteiger charge is -2.35. The largest absolute Gasteiger partial charge is 0.460 e. The fourth-order valence-corrected chi connectivity index (χ4v) is 5.24. The Balaban J connectivity index is 1.79. The number of rotatable bonds is 9. The molecule has 3 atom stereocenters. The molecule has 0 bridgehead atoms. The number of sulfone groups is 1. The Morgan fingerprint density at radius 2 is 1.72 bits per heavy atom. The van der Waals surface area contributed by atoms with E-state index in [1.807, 2.05) is 39.0 Å². The zero-order valence-corrected chi connectivity index (χ0v) is 26.7. The van der Waals surface area contributed by atoms with Crippen LogP contribution >= 0.6 is 0 Å². The molecular weight excluding hydrogens is 572 g/mol. The van der Waals surface area contributed by atoms with Crippen molar-refractivity contribution in [1.29, 1.82) is 0 Å². The second-order valence-electron chi connectivity index (χ2n) is 12.9. The number of esters is 1. The van der Waals surface area contributed by atoms with Crippen LogP contribution < -0.4 is 10.6 Å². The number of carbonyl (C=O) groups excluding carboxylic acids is 4. The molecule has 2 aromatic rings. The molecule has 2 heterocycles. The molecule has 234 valence electrons. The molecule has 0 radical (unpaired) electrons. The van der Waals surface area contributed by atoms with Crippen LogP contribution in [0.5, 0.6) is 0 Å². The van der Waals surface area contributed by atoms with Gasteiger partial charge in [0.15, 0.2) is 9.84 Å². The Kier molecular flexibility index (Phi) is 10.4. The van der Waals surface area contributed by atoms with Gasteiger partial charge >= 0.3 is 5.97 Å². The monoisotopic (exact) mass is 614 g/mol. The second kappa shape index (κ2) is 13.2. The average Bonchev–Trinajstić information content (AvgIpc) is 3.37. The minimum atomic E-state index is -3.54. The number of carbonyl (C=O) groups is 4. The van der Waals surface area contributed by atoms with Crippen molar-refractivity contribution in [1.82, 2.24) is 20.5 Å². The number of benzene rings is 1. The fraction of sp³-hybridized carbons (Fsp3) is 0.516. The molecule has 43 heavy (non-hydrogen) atoms. The van der Waals surface area contributed by atoms with Gasteiger partial charge in [0.05, 0.1) is 18.0 Å². The highest BCUT2D eigenvalue weighted by atomic mass is 32.2. The Bertz CT molecular complexity index is 1510. The summed E-state index contributed by atoms with van der Waals surface area (Å²) in [5.74, 6) is -2.09. The first kappa shape index (κ1) is 33.7. The van der Waals surface area contributed by atoms with Crippen molar-refractivity contribution >= 4 is 44.4 Å². The third-order valence-electron chi connectivity index (χ3n) is 6.75. The number of para-hydroxylation sites is 1. The van der Waals surface area contributed by atoms with Crippen LogP contribution in [0.25, 0.3) is 10.9 Å². The second-order valence-corrected chi connectivity index (χ2v) is 14.8. The van der Waals surface area contributed by atoms with E-state index in [-0.39, 0.29) is 12.1 Å². The number of nitrogens with zero attached hydrogens (tertiary/aromatic N) is 2. The molecule has 1 aliphatic rings. The minimum absolute atomic E-state index is 0.166. The number of hydrogen-bond acceptors (Lipinski definition) is 8. The molecule has 0 aliphatic carbocycles. The van der Waals surface area contributed by atoms with Gasteiger partial charge in [-0.3, -0.25) is 19.2 Å². The molecular formula is C31H42N4O7S. The van der Waals surface area contributed by atoms with Crippen LogP contribution in [-0.2, 0) is 29.0 Å². The number of fused-ring (bicyclic) bond motifs is 1. The standard InChI is InChI=1S/C31H42N4O7S/c1-30(2,3)26(34-27(37)23-15-14-20-11-8-9-12-22(20)33-23)29(39)35-17-10-13-24(35)28(38)32-21(16-18-43(7,40)41)19-25(36)42-31(4,5)6/h8-9,11-12,14-16,18,21,24,26H,10,13,17,19H2,1-7H3,(H,32,38)(H,34,37)/b18-16+/t21-,24-,26-/m1/s1. The lowest BCUT2D eigenvalue weighted by atomic mass is 9.85. The predicted molar refractivity (Wildman–Crippen MR) is 164 cm³/mol. The van der Waals surface area contributed by atoms with Crippen molar-refractivity contribution in [2.24, 2.45) is 5.41 Å². The quantitative estimate of drug-likeness (QED) is 0.409. The van der Waals surface area contributed by atoms with Crippen LogP contribution in [0.15, 0.2) is 47.9 Å². The van der Waals surface area contributed by atoms with E-state index in [9.17, 15) is 27.6 Å². The van der Waals surface area contributed by atoms with Crippen molar-refractivity contribution in [3.05, 3.63) is 53.6 Å². The zero-order chi connectivity index (χ0) is 32.2. The maximum absolute atomic E-state index is 13.9. The van der Waals surface area contributed by atoms with Crippen LogP contribution in [0.3, 0.4) is 0 Å². The molecule has 1 fully saturated rings. The van der Waals surface area contributed by atoms with Crippen LogP contribution in [0.1, 0.15) is 71.3 Å². The Hall–Kier alpha value is -3.80. The number of pyridine rings is 1. The van der Waals surface area contributed by atoms with Gasteiger partial charge in [-0.2, -0.15) is 0 Å². The van der Waals surface area contributed by atoms with Gasteiger partial charge < -0.3 is 20.3 Å². The third kappa shape index (κ3) is 9.87. The number of aromatic nitrogens is 1. The topological polar surface area (TPSA) is 152 Å². The Morgan fingerprint density at radius 3 is 2.35 bits per heavy atom. The van der Waals surface area contributed by atoms with E-state index in [0.717, 1.165) is 17.1 Å². The van der Waals surface area contributed by atoms with Crippen LogP contribution in [0.4, 0.5) is 0 Å². The van der Waals surface area contributed by atoms with E-state index < -0.39 is 62.7 Å². The molecule has 0 spiro atoms. The van der Waals surface area contributed by atoms with Crippen molar-refractivity contribution in [2.75, 3.05) is 12.8 Å². The maximum Gasteiger partial charge on any atom is 0.308 e. The summed E-state index contributed by atoms with van der Waals surface area (Å²) in [6.45, 7) is 10.9. The highest BCUT2D eigenvalue weighted by Crippen LogP contribution is 2.26. The van der Waals surface area contributed by atoms with E-state index in [0.29, 0.717) is 24.9 Å². The van der Waals surface area contributed by atoms with Gasteiger partial charge in [0.25, 0.3) is 5.91 Å². The summed E-state index contributed by atoms with van der Waals surface area (Å²) in [7, 11) is -3.54. The number of amides is 3. The van der Waals surface area contributed by atoms with Gasteiger partial charge in [0.1, 0.15) is 23.4 Å². The van der Waals surface area contributed by atoms with E-state index in [2.05, 4.69) is 15.6 Å². The predicted octanol–water partition coefficient (Wildman–Crippen LogP) is 3.15. The molecule has 3 rings (SSSR count). The van der Waals surface area contributed by atoms with Gasteiger partial charge in [0.2, 0.25) is 11.8 Å². The van der Waals surface area contributed by atoms with Gasteiger partial charge in [-0.05, 0) is 51.2 Å². The van der Waals surface area contributed by atoms with Crippen LogP contribution in [-0.4, -0.2) is 78.5 Å². The first-order valence-corrected chi connectivity index (χ1v) is 16.2. The molecule has 1 aromatic carbocycles. The fourth-order valence-electron chi connectivity index (χ4n) is 4.76. The maximum atomic E-state index is 13.9. The molecule has 0 unspecified atom stereocenters. The van der Waals surface area contributed by atoms with E-state index in [1.165, 1.54) is 11.0 Å². The SMILES string of the molecule is CC(C)(C)OC(=O)C[C@@H](/C=C/S(C)(=O)=O)NC(=O)[C@H]1CCCN1C(=O)[C@@H](NC(=O)c1ccc2ccccc2n1)C(C)(C)C. The van der Waals surface area contributed by atoms with Gasteiger partial charge in [-0.1, -0.05) is 51.1 Å². The van der Waals surface area contributed by atoms with Gasteiger partial charge in [0, 0.05) is 23.6 Å². The Labute approximate surface area is 253 Å². The zero-order valence-electron chi connectivity index (χ0n) is 25.8.